The lowest BCUT2D eigenvalue weighted by Gasteiger charge is -2.06. The Morgan fingerprint density at radius 3 is 2.64 bits per heavy atom. The first kappa shape index (κ1) is 17.8. The minimum absolute atomic E-state index is 0.323. The fraction of sp³-hybridized carbons (Fsp3) is 0.190. The first-order chi connectivity index (χ1) is 13.7. The number of ether oxygens (including phenoxy) is 2. The molecule has 0 unspecified atom stereocenters. The molecule has 0 aliphatic rings. The molecule has 0 aliphatic heterocycles. The van der Waals surface area contributed by atoms with E-state index in [0.29, 0.717) is 23.1 Å². The number of methoxy groups -OCH3 is 1. The Balaban J connectivity index is 1.68. The number of esters is 1. The standard InChI is InChI=1S/C21H20N4O3/c1-3-6-15-13-19(28-20(26)14-9-11-16(27-2)12-10-14)25(24-15)21-22-17-7-4-5-8-18(17)23-21/h4-5,7-13H,3,6H2,1-2H3,(H,22,23). The number of rotatable bonds is 6. The van der Waals surface area contributed by atoms with Gasteiger partial charge in [0.25, 0.3) is 0 Å². The second-order valence-corrected chi connectivity index (χ2v) is 6.33. The van der Waals surface area contributed by atoms with E-state index in [-0.39, 0.29) is 0 Å². The minimum atomic E-state index is -0.469. The van der Waals surface area contributed by atoms with Gasteiger partial charge in [-0.25, -0.2) is 9.78 Å². The predicted molar refractivity (Wildman–Crippen MR) is 105 cm³/mol. The van der Waals surface area contributed by atoms with Crippen molar-refractivity contribution in [2.24, 2.45) is 0 Å². The summed E-state index contributed by atoms with van der Waals surface area (Å²) in [5.74, 6) is 1.03. The highest BCUT2D eigenvalue weighted by Gasteiger charge is 2.18. The Morgan fingerprint density at radius 2 is 1.93 bits per heavy atom. The summed E-state index contributed by atoms with van der Waals surface area (Å²) < 4.78 is 12.3. The van der Waals surface area contributed by atoms with Gasteiger partial charge in [-0.05, 0) is 42.8 Å². The van der Waals surface area contributed by atoms with E-state index in [1.807, 2.05) is 24.3 Å². The summed E-state index contributed by atoms with van der Waals surface area (Å²) >= 11 is 0. The summed E-state index contributed by atoms with van der Waals surface area (Å²) in [7, 11) is 1.58. The van der Waals surface area contributed by atoms with Crippen molar-refractivity contribution >= 4 is 17.0 Å². The van der Waals surface area contributed by atoms with Gasteiger partial charge in [-0.1, -0.05) is 25.5 Å². The number of aromatic nitrogens is 4. The van der Waals surface area contributed by atoms with Gasteiger partial charge in [-0.2, -0.15) is 9.78 Å². The summed E-state index contributed by atoms with van der Waals surface area (Å²) in [6.45, 7) is 2.07. The molecule has 0 radical (unpaired) electrons. The third kappa shape index (κ3) is 3.46. The fourth-order valence-electron chi connectivity index (χ4n) is 2.93. The van der Waals surface area contributed by atoms with E-state index >= 15 is 0 Å². The monoisotopic (exact) mass is 376 g/mol. The number of imidazole rings is 1. The maximum absolute atomic E-state index is 12.6. The SMILES string of the molecule is CCCc1cc(OC(=O)c2ccc(OC)cc2)n(-c2nc3ccccc3[nH]2)n1. The van der Waals surface area contributed by atoms with Crippen molar-refractivity contribution in [3.05, 3.63) is 65.9 Å². The highest BCUT2D eigenvalue weighted by atomic mass is 16.5. The van der Waals surface area contributed by atoms with Crippen LogP contribution in [0.2, 0.25) is 0 Å². The molecule has 0 atom stereocenters. The Labute approximate surface area is 161 Å². The molecule has 0 bridgehead atoms. The fourth-order valence-corrected chi connectivity index (χ4v) is 2.93. The number of nitrogens with zero attached hydrogens (tertiary/aromatic N) is 3. The number of carbonyl (C=O) groups excluding carboxylic acids is 1. The molecule has 1 N–H and O–H groups in total. The smallest absolute Gasteiger partial charge is 0.344 e. The molecule has 2 aromatic carbocycles. The lowest BCUT2D eigenvalue weighted by molar-refractivity contribution is 0.0722. The molecule has 142 valence electrons. The van der Waals surface area contributed by atoms with Gasteiger partial charge in [0.2, 0.25) is 11.8 Å². The summed E-state index contributed by atoms with van der Waals surface area (Å²) in [6.07, 6.45) is 1.71. The van der Waals surface area contributed by atoms with Crippen LogP contribution in [-0.4, -0.2) is 32.8 Å². The Bertz CT molecular complexity index is 1080. The predicted octanol–water partition coefficient (Wildman–Crippen LogP) is 3.93. The molecular formula is C21H20N4O3. The van der Waals surface area contributed by atoms with Crippen LogP contribution in [0.15, 0.2) is 54.6 Å². The number of hydrogen-bond donors (Lipinski definition) is 1. The molecule has 4 rings (SSSR count). The van der Waals surface area contributed by atoms with E-state index in [9.17, 15) is 4.79 Å². The molecule has 28 heavy (non-hydrogen) atoms. The van der Waals surface area contributed by atoms with E-state index in [0.717, 1.165) is 29.6 Å². The van der Waals surface area contributed by atoms with E-state index in [1.54, 1.807) is 37.4 Å². The summed E-state index contributed by atoms with van der Waals surface area (Å²) in [5.41, 5.74) is 2.96. The molecule has 2 aromatic heterocycles. The molecule has 7 heteroatoms. The lowest BCUT2D eigenvalue weighted by Crippen LogP contribution is -2.12. The molecule has 0 spiro atoms. The van der Waals surface area contributed by atoms with Crippen molar-refractivity contribution < 1.29 is 14.3 Å². The van der Waals surface area contributed by atoms with Gasteiger partial charge in [-0.15, -0.1) is 0 Å². The molecule has 0 fully saturated rings. The van der Waals surface area contributed by atoms with E-state index in [2.05, 4.69) is 22.0 Å². The molecule has 0 amide bonds. The average Bonchev–Trinajstić information content (AvgIpc) is 3.32. The lowest BCUT2D eigenvalue weighted by atomic mass is 10.2. The van der Waals surface area contributed by atoms with Crippen LogP contribution in [0.4, 0.5) is 0 Å². The molecule has 0 saturated heterocycles. The number of para-hydroxylation sites is 2. The zero-order chi connectivity index (χ0) is 19.5. The Morgan fingerprint density at radius 1 is 1.14 bits per heavy atom. The largest absolute Gasteiger partial charge is 0.497 e. The molecule has 2 heterocycles. The number of aryl methyl sites for hydroxylation is 1. The summed E-state index contributed by atoms with van der Waals surface area (Å²) in [6, 6.07) is 16.2. The Kier molecular flexibility index (Phi) is 4.80. The normalized spacial score (nSPS) is 10.9. The summed E-state index contributed by atoms with van der Waals surface area (Å²) in [4.78, 5) is 20.4. The van der Waals surface area contributed by atoms with Gasteiger partial charge in [0.15, 0.2) is 0 Å². The highest BCUT2D eigenvalue weighted by Crippen LogP contribution is 2.22. The van der Waals surface area contributed by atoms with Crippen LogP contribution < -0.4 is 9.47 Å². The number of nitrogens with one attached hydrogen (secondary N) is 1. The second-order valence-electron chi connectivity index (χ2n) is 6.33. The van der Waals surface area contributed by atoms with Crippen LogP contribution in [-0.2, 0) is 6.42 Å². The van der Waals surface area contributed by atoms with Crippen LogP contribution in [0.1, 0.15) is 29.4 Å². The molecule has 0 aliphatic carbocycles. The van der Waals surface area contributed by atoms with E-state index in [4.69, 9.17) is 9.47 Å². The maximum Gasteiger partial charge on any atom is 0.344 e. The van der Waals surface area contributed by atoms with Gasteiger partial charge >= 0.3 is 5.97 Å². The third-order valence-electron chi connectivity index (χ3n) is 4.33. The first-order valence-electron chi connectivity index (χ1n) is 9.08. The van der Waals surface area contributed by atoms with Gasteiger partial charge in [0.05, 0.1) is 29.4 Å². The van der Waals surface area contributed by atoms with Gasteiger partial charge in [0.1, 0.15) is 5.75 Å². The van der Waals surface area contributed by atoms with Crippen LogP contribution in [0.25, 0.3) is 17.0 Å². The maximum atomic E-state index is 12.6. The number of benzene rings is 2. The van der Waals surface area contributed by atoms with Gasteiger partial charge < -0.3 is 14.5 Å². The first-order valence-corrected chi connectivity index (χ1v) is 9.08. The van der Waals surface area contributed by atoms with Crippen molar-refractivity contribution in [2.45, 2.75) is 19.8 Å². The number of carbonyl (C=O) groups is 1. The van der Waals surface area contributed by atoms with E-state index < -0.39 is 5.97 Å². The molecule has 0 saturated carbocycles. The van der Waals surface area contributed by atoms with Gasteiger partial charge in [0, 0.05) is 6.07 Å². The van der Waals surface area contributed by atoms with Crippen LogP contribution in [0.3, 0.4) is 0 Å². The quantitative estimate of drug-likeness (QED) is 0.516. The van der Waals surface area contributed by atoms with Crippen molar-refractivity contribution in [1.29, 1.82) is 0 Å². The number of hydrogen-bond acceptors (Lipinski definition) is 5. The number of fused-ring (bicyclic) bond motifs is 1. The zero-order valence-corrected chi connectivity index (χ0v) is 15.7. The number of aromatic amines is 1. The van der Waals surface area contributed by atoms with Crippen molar-refractivity contribution in [3.63, 3.8) is 0 Å². The number of H-pyrrole nitrogens is 1. The van der Waals surface area contributed by atoms with Crippen LogP contribution in [0, 0.1) is 0 Å². The van der Waals surface area contributed by atoms with E-state index in [1.165, 1.54) is 4.68 Å². The van der Waals surface area contributed by atoms with Gasteiger partial charge in [-0.3, -0.25) is 0 Å². The highest BCUT2D eigenvalue weighted by molar-refractivity contribution is 5.91. The topological polar surface area (TPSA) is 82.0 Å². The van der Waals surface area contributed by atoms with Crippen LogP contribution in [0.5, 0.6) is 11.6 Å². The Hall–Kier alpha value is -3.61. The molecule has 4 aromatic rings. The minimum Gasteiger partial charge on any atom is -0.497 e. The van der Waals surface area contributed by atoms with Crippen molar-refractivity contribution in [1.82, 2.24) is 19.7 Å². The zero-order valence-electron chi connectivity index (χ0n) is 15.7. The second kappa shape index (κ2) is 7.56. The summed E-state index contributed by atoms with van der Waals surface area (Å²) in [5, 5.41) is 4.57. The average molecular weight is 376 g/mol. The van der Waals surface area contributed by atoms with Crippen LogP contribution >= 0.6 is 0 Å². The van der Waals surface area contributed by atoms with Crippen molar-refractivity contribution in [2.75, 3.05) is 7.11 Å². The third-order valence-corrected chi connectivity index (χ3v) is 4.33. The molecular weight excluding hydrogens is 356 g/mol. The molecule has 7 nitrogen and oxygen atoms in total. The van der Waals surface area contributed by atoms with Crippen molar-refractivity contribution in [3.8, 4) is 17.6 Å².